The first kappa shape index (κ1) is 15.2. The quantitative estimate of drug-likeness (QED) is 0.723. The van der Waals surface area contributed by atoms with E-state index in [1.807, 2.05) is 12.3 Å². The van der Waals surface area contributed by atoms with E-state index in [0.29, 0.717) is 12.0 Å². The molecule has 2 nitrogen and oxygen atoms in total. The first-order chi connectivity index (χ1) is 11.9. The van der Waals surface area contributed by atoms with Gasteiger partial charge in [-0.3, -0.25) is 0 Å². The van der Waals surface area contributed by atoms with Gasteiger partial charge in [0, 0.05) is 18.2 Å². The standard InChI is InChI=1S/C22H23NO/c1-2-6-17(7-3-1)14-20-11-10-19-8-4-5-9-21(19)22(20)23-15-18-12-13-24-16-18/h1-9,12-13,16,20,22-23H,10-11,14-15H2. The molecular formula is C22H23NO. The van der Waals surface area contributed by atoms with Crippen molar-refractivity contribution < 1.29 is 4.42 Å². The fourth-order valence-electron chi connectivity index (χ4n) is 3.86. The number of fused-ring (bicyclic) bond motifs is 1. The second kappa shape index (κ2) is 7.06. The van der Waals surface area contributed by atoms with Crippen LogP contribution in [0.5, 0.6) is 0 Å². The second-order valence-corrected chi connectivity index (χ2v) is 6.68. The van der Waals surface area contributed by atoms with Crippen molar-refractivity contribution in [3.05, 3.63) is 95.4 Å². The minimum Gasteiger partial charge on any atom is -0.472 e. The molecule has 0 aliphatic heterocycles. The molecule has 24 heavy (non-hydrogen) atoms. The molecule has 2 unspecified atom stereocenters. The van der Waals surface area contributed by atoms with Gasteiger partial charge in [0.1, 0.15) is 0 Å². The van der Waals surface area contributed by atoms with Gasteiger partial charge in [-0.1, -0.05) is 54.6 Å². The molecule has 2 aromatic carbocycles. The fraction of sp³-hybridized carbons (Fsp3) is 0.273. The Hall–Kier alpha value is -2.32. The summed E-state index contributed by atoms with van der Waals surface area (Å²) in [7, 11) is 0. The van der Waals surface area contributed by atoms with Crippen LogP contribution in [0, 0.1) is 5.92 Å². The molecular weight excluding hydrogens is 294 g/mol. The zero-order valence-electron chi connectivity index (χ0n) is 13.8. The Balaban J connectivity index is 1.57. The number of aryl methyl sites for hydroxylation is 1. The molecule has 0 fully saturated rings. The normalized spacial score (nSPS) is 19.8. The summed E-state index contributed by atoms with van der Waals surface area (Å²) in [6.45, 7) is 0.848. The zero-order valence-corrected chi connectivity index (χ0v) is 13.8. The number of nitrogens with one attached hydrogen (secondary N) is 1. The Morgan fingerprint density at radius 3 is 2.58 bits per heavy atom. The molecule has 0 radical (unpaired) electrons. The third-order valence-electron chi connectivity index (χ3n) is 5.09. The molecule has 122 valence electrons. The second-order valence-electron chi connectivity index (χ2n) is 6.68. The molecule has 4 rings (SSSR count). The number of rotatable bonds is 5. The molecule has 1 aromatic heterocycles. The first-order valence-corrected chi connectivity index (χ1v) is 8.76. The number of hydrogen-bond acceptors (Lipinski definition) is 2. The van der Waals surface area contributed by atoms with E-state index in [-0.39, 0.29) is 0 Å². The summed E-state index contributed by atoms with van der Waals surface area (Å²) in [5, 5.41) is 3.79. The molecule has 0 bridgehead atoms. The van der Waals surface area contributed by atoms with Crippen LogP contribution in [0.25, 0.3) is 0 Å². The van der Waals surface area contributed by atoms with Crippen molar-refractivity contribution in [2.45, 2.75) is 31.8 Å². The van der Waals surface area contributed by atoms with Crippen molar-refractivity contribution in [2.75, 3.05) is 0 Å². The van der Waals surface area contributed by atoms with Crippen LogP contribution in [0.4, 0.5) is 0 Å². The minimum atomic E-state index is 0.394. The maximum absolute atomic E-state index is 5.21. The van der Waals surface area contributed by atoms with Crippen LogP contribution >= 0.6 is 0 Å². The van der Waals surface area contributed by atoms with Crippen molar-refractivity contribution >= 4 is 0 Å². The molecule has 1 N–H and O–H groups in total. The van der Waals surface area contributed by atoms with Gasteiger partial charge in [0.15, 0.2) is 0 Å². The van der Waals surface area contributed by atoms with E-state index in [1.54, 1.807) is 6.26 Å². The highest BCUT2D eigenvalue weighted by molar-refractivity contribution is 5.34. The number of benzene rings is 2. The van der Waals surface area contributed by atoms with Crippen LogP contribution in [0.15, 0.2) is 77.6 Å². The molecule has 0 saturated carbocycles. The van der Waals surface area contributed by atoms with E-state index < -0.39 is 0 Å². The summed E-state index contributed by atoms with van der Waals surface area (Å²) in [4.78, 5) is 0. The summed E-state index contributed by atoms with van der Waals surface area (Å²) in [6.07, 6.45) is 7.10. The van der Waals surface area contributed by atoms with Gasteiger partial charge in [-0.05, 0) is 47.9 Å². The molecule has 0 spiro atoms. The SMILES string of the molecule is c1ccc(CC2CCc3ccccc3C2NCc2ccoc2)cc1. The number of furan rings is 1. The summed E-state index contributed by atoms with van der Waals surface area (Å²) in [5.41, 5.74) is 5.59. The highest BCUT2D eigenvalue weighted by Gasteiger charge is 2.29. The van der Waals surface area contributed by atoms with Crippen LogP contribution in [-0.2, 0) is 19.4 Å². The van der Waals surface area contributed by atoms with Gasteiger partial charge in [0.25, 0.3) is 0 Å². The Morgan fingerprint density at radius 2 is 1.75 bits per heavy atom. The predicted octanol–water partition coefficient (Wildman–Crippen LogP) is 4.92. The summed E-state index contributed by atoms with van der Waals surface area (Å²) < 4.78 is 5.21. The molecule has 0 amide bonds. The van der Waals surface area contributed by atoms with Gasteiger partial charge in [-0.2, -0.15) is 0 Å². The van der Waals surface area contributed by atoms with Crippen molar-refractivity contribution in [3.63, 3.8) is 0 Å². The smallest absolute Gasteiger partial charge is 0.0947 e. The summed E-state index contributed by atoms with van der Waals surface area (Å²) in [5.74, 6) is 0.620. The van der Waals surface area contributed by atoms with Crippen LogP contribution in [0.1, 0.15) is 34.7 Å². The van der Waals surface area contributed by atoms with E-state index in [4.69, 9.17) is 4.42 Å². The highest BCUT2D eigenvalue weighted by Crippen LogP contribution is 2.36. The fourth-order valence-corrected chi connectivity index (χ4v) is 3.86. The molecule has 1 aliphatic carbocycles. The lowest BCUT2D eigenvalue weighted by Gasteiger charge is -2.34. The van der Waals surface area contributed by atoms with Gasteiger partial charge in [-0.25, -0.2) is 0 Å². The highest BCUT2D eigenvalue weighted by atomic mass is 16.3. The Kier molecular flexibility index (Phi) is 4.48. The van der Waals surface area contributed by atoms with E-state index in [2.05, 4.69) is 59.9 Å². The van der Waals surface area contributed by atoms with Gasteiger partial charge in [0.2, 0.25) is 0 Å². The van der Waals surface area contributed by atoms with E-state index in [1.165, 1.54) is 35.1 Å². The molecule has 1 aliphatic rings. The molecule has 3 aromatic rings. The Labute approximate surface area is 143 Å². The lowest BCUT2D eigenvalue weighted by atomic mass is 9.77. The topological polar surface area (TPSA) is 25.2 Å². The summed E-state index contributed by atoms with van der Waals surface area (Å²) >= 11 is 0. The van der Waals surface area contributed by atoms with Crippen LogP contribution < -0.4 is 5.32 Å². The van der Waals surface area contributed by atoms with Gasteiger partial charge in [0.05, 0.1) is 12.5 Å². The molecule has 2 atom stereocenters. The van der Waals surface area contributed by atoms with Crippen molar-refractivity contribution in [1.29, 1.82) is 0 Å². The zero-order chi connectivity index (χ0) is 16.2. The van der Waals surface area contributed by atoms with Crippen molar-refractivity contribution in [2.24, 2.45) is 5.92 Å². The molecule has 2 heteroatoms. The lowest BCUT2D eigenvalue weighted by molar-refractivity contribution is 0.316. The van der Waals surface area contributed by atoms with Gasteiger partial charge >= 0.3 is 0 Å². The number of hydrogen-bond donors (Lipinski definition) is 1. The largest absolute Gasteiger partial charge is 0.472 e. The average Bonchev–Trinajstić information content (AvgIpc) is 3.15. The third-order valence-corrected chi connectivity index (χ3v) is 5.09. The molecule has 1 heterocycles. The summed E-state index contributed by atoms with van der Waals surface area (Å²) in [6, 6.07) is 22.2. The van der Waals surface area contributed by atoms with Crippen molar-refractivity contribution in [1.82, 2.24) is 5.32 Å². The van der Waals surface area contributed by atoms with Gasteiger partial charge < -0.3 is 9.73 Å². The van der Waals surface area contributed by atoms with E-state index in [0.717, 1.165) is 13.0 Å². The van der Waals surface area contributed by atoms with Crippen molar-refractivity contribution in [3.8, 4) is 0 Å². The lowest BCUT2D eigenvalue weighted by Crippen LogP contribution is -2.33. The van der Waals surface area contributed by atoms with E-state index in [9.17, 15) is 0 Å². The van der Waals surface area contributed by atoms with Crippen LogP contribution in [0.3, 0.4) is 0 Å². The third kappa shape index (κ3) is 3.29. The maximum Gasteiger partial charge on any atom is 0.0947 e. The Bertz CT molecular complexity index is 764. The predicted molar refractivity (Wildman–Crippen MR) is 96.7 cm³/mol. The monoisotopic (exact) mass is 317 g/mol. The maximum atomic E-state index is 5.21. The van der Waals surface area contributed by atoms with Gasteiger partial charge in [-0.15, -0.1) is 0 Å². The first-order valence-electron chi connectivity index (χ1n) is 8.76. The average molecular weight is 317 g/mol. The minimum absolute atomic E-state index is 0.394. The van der Waals surface area contributed by atoms with E-state index >= 15 is 0 Å². The Morgan fingerprint density at radius 1 is 0.917 bits per heavy atom. The van der Waals surface area contributed by atoms with Crippen LogP contribution in [-0.4, -0.2) is 0 Å². The van der Waals surface area contributed by atoms with Crippen LogP contribution in [0.2, 0.25) is 0 Å². The molecule has 0 saturated heterocycles.